The van der Waals surface area contributed by atoms with Crippen LogP contribution in [0.4, 0.5) is 18.9 Å². The summed E-state index contributed by atoms with van der Waals surface area (Å²) in [5.41, 5.74) is 2.66. The van der Waals surface area contributed by atoms with Crippen LogP contribution in [0.5, 0.6) is 0 Å². The number of nitrogens with zero attached hydrogens (tertiary/aromatic N) is 2. The average Bonchev–Trinajstić information content (AvgIpc) is 3.15. The van der Waals surface area contributed by atoms with Crippen molar-refractivity contribution >= 4 is 16.6 Å². The second-order valence-corrected chi connectivity index (χ2v) is 10.2. The summed E-state index contributed by atoms with van der Waals surface area (Å²) in [6.07, 6.45) is 7.43. The van der Waals surface area contributed by atoms with E-state index >= 15 is 0 Å². The number of anilines is 1. The Hall–Kier alpha value is -2.17. The van der Waals surface area contributed by atoms with Crippen LogP contribution in [0.1, 0.15) is 65.0 Å². The molecule has 5 rings (SSSR count). The molecular formula is C29H42F3N3O. The van der Waals surface area contributed by atoms with Gasteiger partial charge in [0.25, 0.3) is 0 Å². The summed E-state index contributed by atoms with van der Waals surface area (Å²) >= 11 is 0. The van der Waals surface area contributed by atoms with Crippen LogP contribution in [0.2, 0.25) is 0 Å². The Morgan fingerprint density at radius 2 is 1.83 bits per heavy atom. The number of hydrogen-bond acceptors (Lipinski definition) is 3. The first-order valence-electron chi connectivity index (χ1n) is 13.3. The van der Waals surface area contributed by atoms with Crippen LogP contribution in [0.15, 0.2) is 24.3 Å². The summed E-state index contributed by atoms with van der Waals surface area (Å²) in [5.74, 6) is 2.25. The molecule has 1 spiro atoms. The number of likely N-dealkylation sites (tertiary alicyclic amines) is 1. The molecular weight excluding hydrogens is 463 g/mol. The molecule has 0 atom stereocenters. The number of halogens is 3. The number of rotatable bonds is 4. The highest BCUT2D eigenvalue weighted by atomic mass is 19.4. The smallest absolute Gasteiger partial charge is 0.382 e. The SMILES string of the molecule is C#CC.CC.Cc1cc2c(NC3CCC(N4CC5(CCCOC5)C4)CC3)cccc2n1CC(F)(F)F. The van der Waals surface area contributed by atoms with Crippen molar-refractivity contribution in [1.82, 2.24) is 9.47 Å². The normalized spacial score (nSPS) is 23.5. The maximum atomic E-state index is 13.0. The predicted octanol–water partition coefficient (Wildman–Crippen LogP) is 7.01. The summed E-state index contributed by atoms with van der Waals surface area (Å²) in [6, 6.07) is 8.55. The highest BCUT2D eigenvalue weighted by molar-refractivity contribution is 5.93. The lowest BCUT2D eigenvalue weighted by Gasteiger charge is -2.55. The van der Waals surface area contributed by atoms with Crippen LogP contribution in [0, 0.1) is 24.7 Å². The van der Waals surface area contributed by atoms with Gasteiger partial charge in [0.1, 0.15) is 6.54 Å². The van der Waals surface area contributed by atoms with E-state index in [0.717, 1.165) is 37.1 Å². The van der Waals surface area contributed by atoms with Gasteiger partial charge in [0.15, 0.2) is 0 Å². The Bertz CT molecular complexity index is 1000. The average molecular weight is 506 g/mol. The van der Waals surface area contributed by atoms with Gasteiger partial charge in [-0.25, -0.2) is 0 Å². The molecule has 2 aliphatic heterocycles. The van der Waals surface area contributed by atoms with Crippen LogP contribution in [-0.4, -0.2) is 54.0 Å². The van der Waals surface area contributed by atoms with E-state index in [1.54, 1.807) is 19.9 Å². The van der Waals surface area contributed by atoms with Gasteiger partial charge in [0.05, 0.1) is 12.1 Å². The second-order valence-electron chi connectivity index (χ2n) is 10.2. The van der Waals surface area contributed by atoms with Gasteiger partial charge in [-0.1, -0.05) is 19.9 Å². The second kappa shape index (κ2) is 12.4. The van der Waals surface area contributed by atoms with Crippen LogP contribution in [0.3, 0.4) is 0 Å². The van der Waals surface area contributed by atoms with E-state index in [1.807, 2.05) is 32.0 Å². The van der Waals surface area contributed by atoms with Gasteiger partial charge in [0, 0.05) is 54.0 Å². The van der Waals surface area contributed by atoms with Crippen LogP contribution >= 0.6 is 0 Å². The van der Waals surface area contributed by atoms with Crippen molar-refractivity contribution in [3.8, 4) is 12.3 Å². The third-order valence-corrected chi connectivity index (χ3v) is 7.54. The molecule has 1 N–H and O–H groups in total. The molecule has 200 valence electrons. The Morgan fingerprint density at radius 3 is 2.42 bits per heavy atom. The maximum absolute atomic E-state index is 13.0. The molecule has 0 unspecified atom stereocenters. The van der Waals surface area contributed by atoms with Gasteiger partial charge in [-0.05, 0) is 70.6 Å². The first kappa shape index (κ1) is 28.4. The van der Waals surface area contributed by atoms with Crippen molar-refractivity contribution < 1.29 is 17.9 Å². The van der Waals surface area contributed by atoms with Crippen molar-refractivity contribution in [1.29, 1.82) is 0 Å². The molecule has 0 amide bonds. The fourth-order valence-electron chi connectivity index (χ4n) is 5.97. The minimum atomic E-state index is -4.22. The lowest BCUT2D eigenvalue weighted by Crippen LogP contribution is -2.63. The summed E-state index contributed by atoms with van der Waals surface area (Å²) < 4.78 is 46.1. The fraction of sp³-hybridized carbons (Fsp3) is 0.655. The van der Waals surface area contributed by atoms with E-state index in [4.69, 9.17) is 4.74 Å². The van der Waals surface area contributed by atoms with E-state index in [2.05, 4.69) is 22.6 Å². The molecule has 3 heterocycles. The van der Waals surface area contributed by atoms with E-state index in [-0.39, 0.29) is 0 Å². The highest BCUT2D eigenvalue weighted by Gasteiger charge is 2.46. The topological polar surface area (TPSA) is 29.4 Å². The fourth-order valence-corrected chi connectivity index (χ4v) is 5.97. The standard InChI is InChI=1S/C24H32F3N3O.C3H4.C2H6/c1-17-12-20-21(4-2-5-22(20)30(17)15-24(25,26)27)28-18-6-8-19(9-7-18)29-13-23(14-29)10-3-11-31-16-23;1-3-2;1-2/h2,4-5,12,18-19,28H,3,6-11,13-16H2,1H3;1H,2H3;1-2H3. The number of aromatic nitrogens is 1. The summed E-state index contributed by atoms with van der Waals surface area (Å²) in [7, 11) is 0. The molecule has 1 aromatic carbocycles. The lowest BCUT2D eigenvalue weighted by molar-refractivity contribution is -0.140. The number of aryl methyl sites for hydroxylation is 1. The number of terminal acetylenes is 1. The van der Waals surface area contributed by atoms with Crippen molar-refractivity contribution in [2.75, 3.05) is 31.6 Å². The summed E-state index contributed by atoms with van der Waals surface area (Å²) in [5, 5.41) is 4.53. The number of alkyl halides is 3. The Balaban J connectivity index is 0.000000674. The van der Waals surface area contributed by atoms with Crippen molar-refractivity contribution in [2.45, 2.75) is 91.0 Å². The monoisotopic (exact) mass is 505 g/mol. The predicted molar refractivity (Wildman–Crippen MR) is 142 cm³/mol. The minimum Gasteiger partial charge on any atom is -0.382 e. The Kier molecular flexibility index (Phi) is 9.77. The van der Waals surface area contributed by atoms with Crippen molar-refractivity contribution in [3.63, 3.8) is 0 Å². The maximum Gasteiger partial charge on any atom is 0.406 e. The van der Waals surface area contributed by atoms with Crippen LogP contribution < -0.4 is 5.32 Å². The number of ether oxygens (including phenoxy) is 1. The molecule has 1 aromatic heterocycles. The zero-order valence-electron chi connectivity index (χ0n) is 22.3. The molecule has 36 heavy (non-hydrogen) atoms. The number of benzene rings is 1. The summed E-state index contributed by atoms with van der Waals surface area (Å²) in [4.78, 5) is 2.65. The van der Waals surface area contributed by atoms with Crippen LogP contribution in [0.25, 0.3) is 10.9 Å². The highest BCUT2D eigenvalue weighted by Crippen LogP contribution is 2.42. The van der Waals surface area contributed by atoms with E-state index < -0.39 is 12.7 Å². The lowest BCUT2D eigenvalue weighted by atomic mass is 9.73. The molecule has 2 saturated heterocycles. The summed E-state index contributed by atoms with van der Waals surface area (Å²) in [6.45, 7) is 10.7. The minimum absolute atomic E-state index is 0.376. The van der Waals surface area contributed by atoms with Gasteiger partial charge in [-0.15, -0.1) is 12.3 Å². The third kappa shape index (κ3) is 6.77. The zero-order valence-corrected chi connectivity index (χ0v) is 22.3. The molecule has 1 aliphatic carbocycles. The van der Waals surface area contributed by atoms with Crippen molar-refractivity contribution in [2.24, 2.45) is 5.41 Å². The Morgan fingerprint density at radius 1 is 1.17 bits per heavy atom. The van der Waals surface area contributed by atoms with Gasteiger partial charge in [-0.2, -0.15) is 13.2 Å². The molecule has 4 nitrogen and oxygen atoms in total. The zero-order chi connectivity index (χ0) is 26.3. The molecule has 3 aliphatic rings. The van der Waals surface area contributed by atoms with E-state index in [9.17, 15) is 13.2 Å². The molecule has 3 fully saturated rings. The molecule has 2 aromatic rings. The molecule has 0 radical (unpaired) electrons. The number of fused-ring (bicyclic) bond motifs is 1. The van der Waals surface area contributed by atoms with E-state index in [1.165, 1.54) is 43.3 Å². The number of hydrogen-bond donors (Lipinski definition) is 1. The van der Waals surface area contributed by atoms with Gasteiger partial charge >= 0.3 is 6.18 Å². The van der Waals surface area contributed by atoms with Crippen molar-refractivity contribution in [3.05, 3.63) is 30.0 Å². The molecule has 1 saturated carbocycles. The molecule has 7 heteroatoms. The van der Waals surface area contributed by atoms with Gasteiger partial charge in [0.2, 0.25) is 0 Å². The largest absolute Gasteiger partial charge is 0.406 e. The molecule has 0 bridgehead atoms. The number of nitrogens with one attached hydrogen (secondary N) is 1. The van der Waals surface area contributed by atoms with Gasteiger partial charge in [-0.3, -0.25) is 4.90 Å². The first-order valence-corrected chi connectivity index (χ1v) is 13.3. The first-order chi connectivity index (χ1) is 17.2. The quantitative estimate of drug-likeness (QED) is 0.453. The Labute approximate surface area is 214 Å². The van der Waals surface area contributed by atoms with E-state index in [0.29, 0.717) is 28.7 Å². The van der Waals surface area contributed by atoms with Crippen LogP contribution in [-0.2, 0) is 11.3 Å². The van der Waals surface area contributed by atoms with Gasteiger partial charge < -0.3 is 14.6 Å². The third-order valence-electron chi connectivity index (χ3n) is 7.54.